The highest BCUT2D eigenvalue weighted by atomic mass is 16.5. The van der Waals surface area contributed by atoms with E-state index in [1.807, 2.05) is 19.9 Å². The van der Waals surface area contributed by atoms with Crippen molar-refractivity contribution >= 4 is 5.82 Å². The van der Waals surface area contributed by atoms with E-state index in [1.54, 1.807) is 6.20 Å². The molecule has 0 unspecified atom stereocenters. The molecule has 0 atom stereocenters. The molecular weight excluding hydrogens is 216 g/mol. The summed E-state index contributed by atoms with van der Waals surface area (Å²) >= 11 is 0. The van der Waals surface area contributed by atoms with Gasteiger partial charge in [-0.1, -0.05) is 12.1 Å². The van der Waals surface area contributed by atoms with Crippen LogP contribution in [0.15, 0.2) is 16.8 Å². The molecule has 1 N–H and O–H groups in total. The molecule has 2 aromatic rings. The van der Waals surface area contributed by atoms with Gasteiger partial charge < -0.3 is 9.84 Å². The zero-order chi connectivity index (χ0) is 12.3. The molecule has 0 fully saturated rings. The van der Waals surface area contributed by atoms with Crippen LogP contribution < -0.4 is 5.32 Å². The number of rotatable bonds is 4. The Morgan fingerprint density at radius 1 is 1.35 bits per heavy atom. The Bertz CT molecular complexity index is 487. The lowest BCUT2D eigenvalue weighted by molar-refractivity contribution is 0.393. The minimum absolute atomic E-state index is 0.655. The van der Waals surface area contributed by atoms with E-state index in [4.69, 9.17) is 4.52 Å². The third kappa shape index (κ3) is 2.43. The van der Waals surface area contributed by atoms with Crippen molar-refractivity contribution in [3.8, 4) is 11.4 Å². The van der Waals surface area contributed by atoms with E-state index in [9.17, 15) is 0 Å². The second kappa shape index (κ2) is 4.95. The van der Waals surface area contributed by atoms with Crippen LogP contribution in [0.5, 0.6) is 0 Å². The van der Waals surface area contributed by atoms with Gasteiger partial charge >= 0.3 is 0 Å². The van der Waals surface area contributed by atoms with Gasteiger partial charge in [-0.15, -0.1) is 0 Å². The maximum atomic E-state index is 5.12. The molecule has 5 nitrogen and oxygen atoms in total. The Balaban J connectivity index is 2.33. The first-order valence-electron chi connectivity index (χ1n) is 5.72. The summed E-state index contributed by atoms with van der Waals surface area (Å²) in [6.45, 7) is 6.77. The molecule has 0 saturated carbocycles. The van der Waals surface area contributed by atoms with Gasteiger partial charge in [0.1, 0.15) is 11.6 Å². The zero-order valence-electron chi connectivity index (χ0n) is 10.3. The molecule has 0 spiro atoms. The third-order valence-corrected chi connectivity index (χ3v) is 2.47. The number of nitrogens with zero attached hydrogens (tertiary/aromatic N) is 3. The van der Waals surface area contributed by atoms with Gasteiger partial charge in [-0.25, -0.2) is 9.97 Å². The van der Waals surface area contributed by atoms with Crippen molar-refractivity contribution in [3.63, 3.8) is 0 Å². The summed E-state index contributed by atoms with van der Waals surface area (Å²) in [7, 11) is 0. The first-order chi connectivity index (χ1) is 8.22. The fourth-order valence-corrected chi connectivity index (χ4v) is 1.63. The number of anilines is 1. The van der Waals surface area contributed by atoms with E-state index in [0.29, 0.717) is 5.82 Å². The van der Waals surface area contributed by atoms with Crippen LogP contribution in [0.25, 0.3) is 11.4 Å². The summed E-state index contributed by atoms with van der Waals surface area (Å²) in [5.41, 5.74) is 1.69. The minimum Gasteiger partial charge on any atom is -0.370 e. The first-order valence-corrected chi connectivity index (χ1v) is 5.72. The number of hydrogen-bond donors (Lipinski definition) is 1. The average molecular weight is 232 g/mol. The first kappa shape index (κ1) is 11.6. The molecular formula is C12H16N4O. The van der Waals surface area contributed by atoms with Crippen LogP contribution in [0, 0.1) is 13.8 Å². The summed E-state index contributed by atoms with van der Waals surface area (Å²) in [5, 5.41) is 7.14. The molecule has 0 bridgehead atoms. The van der Waals surface area contributed by atoms with Gasteiger partial charge in [0.05, 0.1) is 11.3 Å². The predicted octanol–water partition coefficient (Wildman–Crippen LogP) is 2.57. The standard InChI is InChI=1S/C12H16N4O/c1-4-6-13-10-5-7-14-12(15-10)11-8(2)16-17-9(11)3/h5,7H,4,6H2,1-3H3,(H,13,14,15). The molecule has 5 heteroatoms. The Morgan fingerprint density at radius 3 is 2.82 bits per heavy atom. The largest absolute Gasteiger partial charge is 0.370 e. The number of nitrogens with one attached hydrogen (secondary N) is 1. The molecule has 0 aliphatic heterocycles. The molecule has 2 heterocycles. The number of aryl methyl sites for hydroxylation is 2. The maximum absolute atomic E-state index is 5.12. The van der Waals surface area contributed by atoms with Gasteiger partial charge in [0, 0.05) is 12.7 Å². The fraction of sp³-hybridized carbons (Fsp3) is 0.417. The minimum atomic E-state index is 0.655. The molecule has 0 aliphatic carbocycles. The molecule has 0 amide bonds. The molecule has 0 saturated heterocycles. The van der Waals surface area contributed by atoms with E-state index in [2.05, 4.69) is 27.4 Å². The molecule has 0 radical (unpaired) electrons. The second-order valence-electron chi connectivity index (χ2n) is 3.89. The van der Waals surface area contributed by atoms with Crippen molar-refractivity contribution in [2.24, 2.45) is 0 Å². The molecule has 0 aliphatic rings. The zero-order valence-corrected chi connectivity index (χ0v) is 10.3. The van der Waals surface area contributed by atoms with Crippen molar-refractivity contribution in [1.82, 2.24) is 15.1 Å². The summed E-state index contributed by atoms with van der Waals surface area (Å²) in [4.78, 5) is 8.71. The average Bonchev–Trinajstić information content (AvgIpc) is 2.67. The number of aromatic nitrogens is 3. The van der Waals surface area contributed by atoms with Crippen LogP contribution in [-0.2, 0) is 0 Å². The van der Waals surface area contributed by atoms with E-state index in [-0.39, 0.29) is 0 Å². The van der Waals surface area contributed by atoms with Crippen LogP contribution in [-0.4, -0.2) is 21.7 Å². The van der Waals surface area contributed by atoms with E-state index in [1.165, 1.54) is 0 Å². The molecule has 0 aromatic carbocycles. The van der Waals surface area contributed by atoms with E-state index in [0.717, 1.165) is 35.8 Å². The highest BCUT2D eigenvalue weighted by Crippen LogP contribution is 2.23. The van der Waals surface area contributed by atoms with Crippen LogP contribution in [0.3, 0.4) is 0 Å². The highest BCUT2D eigenvalue weighted by molar-refractivity contribution is 5.61. The Morgan fingerprint density at radius 2 is 2.18 bits per heavy atom. The lowest BCUT2D eigenvalue weighted by atomic mass is 10.2. The van der Waals surface area contributed by atoms with Crippen molar-refractivity contribution in [1.29, 1.82) is 0 Å². The highest BCUT2D eigenvalue weighted by Gasteiger charge is 2.14. The predicted molar refractivity (Wildman–Crippen MR) is 65.8 cm³/mol. The molecule has 2 rings (SSSR count). The Kier molecular flexibility index (Phi) is 3.37. The van der Waals surface area contributed by atoms with E-state index >= 15 is 0 Å². The smallest absolute Gasteiger partial charge is 0.166 e. The summed E-state index contributed by atoms with van der Waals surface area (Å²) in [6, 6.07) is 1.86. The normalized spacial score (nSPS) is 10.5. The van der Waals surface area contributed by atoms with Crippen molar-refractivity contribution in [3.05, 3.63) is 23.7 Å². The lowest BCUT2D eigenvalue weighted by Gasteiger charge is -2.05. The quantitative estimate of drug-likeness (QED) is 0.877. The van der Waals surface area contributed by atoms with Crippen LogP contribution in [0.4, 0.5) is 5.82 Å². The lowest BCUT2D eigenvalue weighted by Crippen LogP contribution is -2.03. The van der Waals surface area contributed by atoms with Gasteiger partial charge in [0.15, 0.2) is 5.82 Å². The maximum Gasteiger partial charge on any atom is 0.166 e. The Labute approximate surface area is 100 Å². The van der Waals surface area contributed by atoms with Gasteiger partial charge in [-0.05, 0) is 26.3 Å². The van der Waals surface area contributed by atoms with Crippen LogP contribution in [0.2, 0.25) is 0 Å². The summed E-state index contributed by atoms with van der Waals surface area (Å²) < 4.78 is 5.12. The van der Waals surface area contributed by atoms with Crippen molar-refractivity contribution in [2.45, 2.75) is 27.2 Å². The SMILES string of the molecule is CCCNc1ccnc(-c2c(C)noc2C)n1. The number of hydrogen-bond acceptors (Lipinski definition) is 5. The van der Waals surface area contributed by atoms with Gasteiger partial charge in [0.25, 0.3) is 0 Å². The molecule has 2 aromatic heterocycles. The molecule has 17 heavy (non-hydrogen) atoms. The monoisotopic (exact) mass is 232 g/mol. The van der Waals surface area contributed by atoms with Crippen molar-refractivity contribution < 1.29 is 4.52 Å². The Hall–Kier alpha value is -1.91. The second-order valence-corrected chi connectivity index (χ2v) is 3.89. The van der Waals surface area contributed by atoms with Gasteiger partial charge in [-0.3, -0.25) is 0 Å². The third-order valence-electron chi connectivity index (χ3n) is 2.47. The molecule has 90 valence electrons. The van der Waals surface area contributed by atoms with Crippen LogP contribution in [0.1, 0.15) is 24.8 Å². The fourth-order valence-electron chi connectivity index (χ4n) is 1.63. The van der Waals surface area contributed by atoms with E-state index < -0.39 is 0 Å². The topological polar surface area (TPSA) is 63.8 Å². The van der Waals surface area contributed by atoms with Crippen LogP contribution >= 0.6 is 0 Å². The van der Waals surface area contributed by atoms with Gasteiger partial charge in [0.2, 0.25) is 0 Å². The summed E-state index contributed by atoms with van der Waals surface area (Å²) in [5.74, 6) is 2.23. The summed E-state index contributed by atoms with van der Waals surface area (Å²) in [6.07, 6.45) is 2.80. The van der Waals surface area contributed by atoms with Gasteiger partial charge in [-0.2, -0.15) is 0 Å². The van der Waals surface area contributed by atoms with Crippen molar-refractivity contribution in [2.75, 3.05) is 11.9 Å².